The molecule has 1 saturated carbocycles. The van der Waals surface area contributed by atoms with Gasteiger partial charge in [0.15, 0.2) is 0 Å². The van der Waals surface area contributed by atoms with Crippen LogP contribution in [0.25, 0.3) is 0 Å². The van der Waals surface area contributed by atoms with Gasteiger partial charge in [0, 0.05) is 13.2 Å². The Kier molecular flexibility index (Phi) is 4.74. The molecule has 0 aromatic heterocycles. The van der Waals surface area contributed by atoms with Gasteiger partial charge in [0.05, 0.1) is 6.61 Å². The van der Waals surface area contributed by atoms with Crippen molar-refractivity contribution in [2.24, 2.45) is 11.8 Å². The van der Waals surface area contributed by atoms with E-state index in [9.17, 15) is 0 Å². The van der Waals surface area contributed by atoms with Crippen molar-refractivity contribution < 1.29 is 4.74 Å². The van der Waals surface area contributed by atoms with Crippen molar-refractivity contribution in [3.63, 3.8) is 0 Å². The molecule has 0 saturated heterocycles. The predicted octanol–water partition coefficient (Wildman–Crippen LogP) is 2.05. The summed E-state index contributed by atoms with van der Waals surface area (Å²) >= 11 is 0. The summed E-state index contributed by atoms with van der Waals surface area (Å²) in [6, 6.07) is 0.567. The van der Waals surface area contributed by atoms with Gasteiger partial charge in [-0.2, -0.15) is 0 Å². The van der Waals surface area contributed by atoms with Crippen molar-refractivity contribution in [2.45, 2.75) is 38.6 Å². The highest BCUT2D eigenvalue weighted by atomic mass is 16.5. The second-order valence-electron chi connectivity index (χ2n) is 4.37. The molecule has 1 rings (SSSR count). The number of hydrogen-bond acceptors (Lipinski definition) is 2. The number of hydrogen-bond donors (Lipinski definition) is 1. The SMILES string of the molecule is CNC(COC)C1CCC(C)CC1. The summed E-state index contributed by atoms with van der Waals surface area (Å²) in [5.41, 5.74) is 0. The maximum absolute atomic E-state index is 5.21. The van der Waals surface area contributed by atoms with E-state index in [1.54, 1.807) is 7.11 Å². The molecule has 0 radical (unpaired) electrons. The minimum atomic E-state index is 0.567. The van der Waals surface area contributed by atoms with Crippen molar-refractivity contribution in [3.05, 3.63) is 0 Å². The van der Waals surface area contributed by atoms with Gasteiger partial charge >= 0.3 is 0 Å². The van der Waals surface area contributed by atoms with E-state index in [-0.39, 0.29) is 0 Å². The van der Waals surface area contributed by atoms with E-state index in [0.717, 1.165) is 18.4 Å². The molecule has 1 aliphatic carbocycles. The molecule has 0 heterocycles. The van der Waals surface area contributed by atoms with E-state index in [1.165, 1.54) is 25.7 Å². The standard InChI is InChI=1S/C11H23NO/c1-9-4-6-10(7-5-9)11(12-2)8-13-3/h9-12H,4-8H2,1-3H3. The molecule has 0 amide bonds. The van der Waals surface area contributed by atoms with Gasteiger partial charge in [-0.3, -0.25) is 0 Å². The van der Waals surface area contributed by atoms with Crippen LogP contribution in [0.1, 0.15) is 32.6 Å². The van der Waals surface area contributed by atoms with E-state index in [1.807, 2.05) is 7.05 Å². The van der Waals surface area contributed by atoms with Gasteiger partial charge in [-0.05, 0) is 31.7 Å². The maximum atomic E-state index is 5.21. The number of methoxy groups -OCH3 is 1. The van der Waals surface area contributed by atoms with Gasteiger partial charge in [0.1, 0.15) is 0 Å². The quantitative estimate of drug-likeness (QED) is 0.723. The lowest BCUT2D eigenvalue weighted by Crippen LogP contribution is -2.39. The van der Waals surface area contributed by atoms with Crippen LogP contribution >= 0.6 is 0 Å². The van der Waals surface area contributed by atoms with E-state index < -0.39 is 0 Å². The summed E-state index contributed by atoms with van der Waals surface area (Å²) in [6.07, 6.45) is 5.53. The molecule has 0 aromatic rings. The summed E-state index contributed by atoms with van der Waals surface area (Å²) in [5, 5.41) is 3.36. The van der Waals surface area contributed by atoms with Crippen LogP contribution in [0.2, 0.25) is 0 Å². The van der Waals surface area contributed by atoms with Crippen LogP contribution in [-0.4, -0.2) is 26.8 Å². The fourth-order valence-corrected chi connectivity index (χ4v) is 2.32. The van der Waals surface area contributed by atoms with Gasteiger partial charge in [-0.15, -0.1) is 0 Å². The molecule has 0 bridgehead atoms. The van der Waals surface area contributed by atoms with Gasteiger partial charge < -0.3 is 10.1 Å². The number of rotatable bonds is 4. The summed E-state index contributed by atoms with van der Waals surface area (Å²) < 4.78 is 5.21. The molecule has 13 heavy (non-hydrogen) atoms. The second kappa shape index (κ2) is 5.61. The molecular formula is C11H23NO. The summed E-state index contributed by atoms with van der Waals surface area (Å²) in [5.74, 6) is 1.78. The van der Waals surface area contributed by atoms with Gasteiger partial charge in [0.25, 0.3) is 0 Å². The fourth-order valence-electron chi connectivity index (χ4n) is 2.32. The molecule has 1 aliphatic rings. The highest BCUT2D eigenvalue weighted by Crippen LogP contribution is 2.30. The van der Waals surface area contributed by atoms with Crippen LogP contribution in [0.5, 0.6) is 0 Å². The molecule has 0 spiro atoms. The first-order chi connectivity index (χ1) is 6.27. The number of nitrogens with one attached hydrogen (secondary N) is 1. The van der Waals surface area contributed by atoms with Crippen LogP contribution in [-0.2, 0) is 4.74 Å². The number of ether oxygens (including phenoxy) is 1. The van der Waals surface area contributed by atoms with Crippen molar-refractivity contribution in [2.75, 3.05) is 20.8 Å². The molecule has 1 atom stereocenters. The molecule has 78 valence electrons. The van der Waals surface area contributed by atoms with Crippen LogP contribution in [0.3, 0.4) is 0 Å². The van der Waals surface area contributed by atoms with Crippen LogP contribution in [0.15, 0.2) is 0 Å². The molecule has 0 aliphatic heterocycles. The smallest absolute Gasteiger partial charge is 0.0618 e. The lowest BCUT2D eigenvalue weighted by atomic mass is 9.79. The highest BCUT2D eigenvalue weighted by molar-refractivity contribution is 4.79. The zero-order valence-electron chi connectivity index (χ0n) is 9.18. The summed E-state index contributed by atoms with van der Waals surface area (Å²) in [6.45, 7) is 3.22. The Morgan fingerprint density at radius 2 is 1.92 bits per heavy atom. The Morgan fingerprint density at radius 1 is 1.31 bits per heavy atom. The van der Waals surface area contributed by atoms with Crippen molar-refractivity contribution in [1.82, 2.24) is 5.32 Å². The van der Waals surface area contributed by atoms with Crippen molar-refractivity contribution >= 4 is 0 Å². The molecule has 0 aromatic carbocycles. The second-order valence-corrected chi connectivity index (χ2v) is 4.37. The van der Waals surface area contributed by atoms with Crippen LogP contribution < -0.4 is 5.32 Å². The van der Waals surface area contributed by atoms with Crippen molar-refractivity contribution in [3.8, 4) is 0 Å². The first-order valence-corrected chi connectivity index (χ1v) is 5.44. The monoisotopic (exact) mass is 185 g/mol. The minimum absolute atomic E-state index is 0.567. The Morgan fingerprint density at radius 3 is 2.38 bits per heavy atom. The minimum Gasteiger partial charge on any atom is -0.383 e. The lowest BCUT2D eigenvalue weighted by Gasteiger charge is -2.32. The third kappa shape index (κ3) is 3.28. The molecule has 1 N–H and O–H groups in total. The first-order valence-electron chi connectivity index (χ1n) is 5.44. The normalized spacial score (nSPS) is 31.6. The maximum Gasteiger partial charge on any atom is 0.0618 e. The lowest BCUT2D eigenvalue weighted by molar-refractivity contribution is 0.122. The summed E-state index contributed by atoms with van der Waals surface area (Å²) in [7, 11) is 3.83. The molecule has 2 heteroatoms. The highest BCUT2D eigenvalue weighted by Gasteiger charge is 2.24. The fraction of sp³-hybridized carbons (Fsp3) is 1.00. The molecule has 1 fully saturated rings. The zero-order valence-corrected chi connectivity index (χ0v) is 9.18. The molecular weight excluding hydrogens is 162 g/mol. The van der Waals surface area contributed by atoms with Gasteiger partial charge in [-0.1, -0.05) is 19.8 Å². The number of likely N-dealkylation sites (N-methyl/N-ethyl adjacent to an activating group) is 1. The predicted molar refractivity (Wildman–Crippen MR) is 55.8 cm³/mol. The zero-order chi connectivity index (χ0) is 9.68. The molecule has 2 nitrogen and oxygen atoms in total. The first kappa shape index (κ1) is 11.0. The van der Waals surface area contributed by atoms with Gasteiger partial charge in [-0.25, -0.2) is 0 Å². The van der Waals surface area contributed by atoms with Gasteiger partial charge in [0.2, 0.25) is 0 Å². The third-order valence-corrected chi connectivity index (χ3v) is 3.35. The Labute approximate surface area is 82.0 Å². The Balaban J connectivity index is 2.32. The topological polar surface area (TPSA) is 21.3 Å². The largest absolute Gasteiger partial charge is 0.383 e. The average molecular weight is 185 g/mol. The summed E-state index contributed by atoms with van der Waals surface area (Å²) in [4.78, 5) is 0. The Bertz CT molecular complexity index is 130. The third-order valence-electron chi connectivity index (χ3n) is 3.35. The van der Waals surface area contributed by atoms with Crippen LogP contribution in [0.4, 0.5) is 0 Å². The van der Waals surface area contributed by atoms with E-state index in [4.69, 9.17) is 4.74 Å². The van der Waals surface area contributed by atoms with Crippen molar-refractivity contribution in [1.29, 1.82) is 0 Å². The molecule has 1 unspecified atom stereocenters. The average Bonchev–Trinajstić information content (AvgIpc) is 2.16. The van der Waals surface area contributed by atoms with E-state index >= 15 is 0 Å². The Hall–Kier alpha value is -0.0800. The van der Waals surface area contributed by atoms with E-state index in [0.29, 0.717) is 6.04 Å². The van der Waals surface area contributed by atoms with Crippen LogP contribution in [0, 0.1) is 11.8 Å². The van der Waals surface area contributed by atoms with E-state index in [2.05, 4.69) is 12.2 Å².